The number of anilines is 1. The first-order valence-electron chi connectivity index (χ1n) is 6.59. The highest BCUT2D eigenvalue weighted by Gasteiger charge is 2.47. The molecule has 0 amide bonds. The molecule has 3 heterocycles. The van der Waals surface area contributed by atoms with Crippen molar-refractivity contribution < 1.29 is 14.9 Å². The highest BCUT2D eigenvalue weighted by Crippen LogP contribution is 2.33. The number of fused-ring (bicyclic) bond motifs is 1. The van der Waals surface area contributed by atoms with Gasteiger partial charge in [-0.15, -0.1) is 0 Å². The SMILES string of the molecule is CN(C)c1ncnc2c1ncn2[C@]1(N)O[C@H](CO)C[C@H]1O. The predicted molar refractivity (Wildman–Crippen MR) is 74.4 cm³/mol. The molecule has 9 heteroatoms. The van der Waals surface area contributed by atoms with Crippen molar-refractivity contribution in [3.05, 3.63) is 12.7 Å². The van der Waals surface area contributed by atoms with E-state index in [1.807, 2.05) is 19.0 Å². The Hall–Kier alpha value is -1.81. The average molecular weight is 294 g/mol. The summed E-state index contributed by atoms with van der Waals surface area (Å²) in [5.74, 6) is -0.853. The number of imidazole rings is 1. The Morgan fingerprint density at radius 3 is 2.86 bits per heavy atom. The number of aliphatic hydroxyl groups is 2. The van der Waals surface area contributed by atoms with Crippen LogP contribution in [-0.4, -0.2) is 62.6 Å². The molecule has 0 saturated carbocycles. The number of hydrogen-bond donors (Lipinski definition) is 3. The number of hydrogen-bond acceptors (Lipinski definition) is 8. The van der Waals surface area contributed by atoms with E-state index in [1.54, 1.807) is 0 Å². The van der Waals surface area contributed by atoms with Gasteiger partial charge in [-0.05, 0) is 0 Å². The van der Waals surface area contributed by atoms with E-state index in [4.69, 9.17) is 10.5 Å². The molecule has 1 aliphatic heterocycles. The third kappa shape index (κ3) is 2.05. The Morgan fingerprint density at radius 1 is 1.48 bits per heavy atom. The fourth-order valence-corrected chi connectivity index (χ4v) is 2.55. The van der Waals surface area contributed by atoms with E-state index >= 15 is 0 Å². The zero-order valence-electron chi connectivity index (χ0n) is 11.8. The second-order valence-corrected chi connectivity index (χ2v) is 5.30. The maximum Gasteiger partial charge on any atom is 0.229 e. The molecule has 1 saturated heterocycles. The van der Waals surface area contributed by atoms with Gasteiger partial charge >= 0.3 is 0 Å². The minimum atomic E-state index is -1.50. The molecule has 2 aromatic heterocycles. The molecule has 0 aliphatic carbocycles. The second-order valence-electron chi connectivity index (χ2n) is 5.30. The van der Waals surface area contributed by atoms with Crippen molar-refractivity contribution in [2.24, 2.45) is 5.73 Å². The van der Waals surface area contributed by atoms with Gasteiger partial charge < -0.3 is 19.8 Å². The monoisotopic (exact) mass is 294 g/mol. The third-order valence-electron chi connectivity index (χ3n) is 3.64. The van der Waals surface area contributed by atoms with Crippen LogP contribution in [0.2, 0.25) is 0 Å². The van der Waals surface area contributed by atoms with Crippen LogP contribution < -0.4 is 10.6 Å². The van der Waals surface area contributed by atoms with E-state index in [1.165, 1.54) is 17.2 Å². The van der Waals surface area contributed by atoms with Crippen molar-refractivity contribution in [2.45, 2.75) is 24.5 Å². The topological polar surface area (TPSA) is 123 Å². The quantitative estimate of drug-likeness (QED) is 0.632. The van der Waals surface area contributed by atoms with Crippen molar-refractivity contribution >= 4 is 17.0 Å². The molecule has 3 rings (SSSR count). The number of aliphatic hydroxyl groups excluding tert-OH is 2. The van der Waals surface area contributed by atoms with Gasteiger partial charge in [0, 0.05) is 20.5 Å². The van der Waals surface area contributed by atoms with E-state index in [0.29, 0.717) is 17.0 Å². The first-order valence-corrected chi connectivity index (χ1v) is 6.59. The molecule has 0 aromatic carbocycles. The fraction of sp³-hybridized carbons (Fsp3) is 0.583. The lowest BCUT2D eigenvalue weighted by Crippen LogP contribution is -2.50. The van der Waals surface area contributed by atoms with Gasteiger partial charge in [-0.2, -0.15) is 0 Å². The van der Waals surface area contributed by atoms with Gasteiger partial charge in [0.15, 0.2) is 17.0 Å². The maximum atomic E-state index is 10.2. The number of nitrogens with two attached hydrogens (primary N) is 1. The summed E-state index contributed by atoms with van der Waals surface area (Å²) < 4.78 is 7.07. The van der Waals surface area contributed by atoms with Crippen molar-refractivity contribution in [3.8, 4) is 0 Å². The van der Waals surface area contributed by atoms with Crippen LogP contribution in [0.1, 0.15) is 6.42 Å². The molecule has 9 nitrogen and oxygen atoms in total. The number of ether oxygens (including phenoxy) is 1. The van der Waals surface area contributed by atoms with E-state index in [2.05, 4.69) is 15.0 Å². The Kier molecular flexibility index (Phi) is 3.29. The molecule has 4 N–H and O–H groups in total. The molecule has 0 unspecified atom stereocenters. The molecule has 0 bridgehead atoms. The highest BCUT2D eigenvalue weighted by atomic mass is 16.6. The van der Waals surface area contributed by atoms with Crippen LogP contribution in [0.15, 0.2) is 12.7 Å². The average Bonchev–Trinajstić information content (AvgIpc) is 3.01. The number of rotatable bonds is 3. The summed E-state index contributed by atoms with van der Waals surface area (Å²) in [5.41, 5.74) is 7.22. The Bertz CT molecular complexity index is 659. The summed E-state index contributed by atoms with van der Waals surface area (Å²) in [4.78, 5) is 14.5. The summed E-state index contributed by atoms with van der Waals surface area (Å²) in [6.45, 7) is -0.208. The summed E-state index contributed by atoms with van der Waals surface area (Å²) in [6, 6.07) is 0. The van der Waals surface area contributed by atoms with E-state index in [-0.39, 0.29) is 13.0 Å². The smallest absolute Gasteiger partial charge is 0.229 e. The van der Waals surface area contributed by atoms with Crippen molar-refractivity contribution in [2.75, 3.05) is 25.6 Å². The summed E-state index contributed by atoms with van der Waals surface area (Å²) in [7, 11) is 3.70. The van der Waals surface area contributed by atoms with Crippen LogP contribution >= 0.6 is 0 Å². The lowest BCUT2D eigenvalue weighted by Gasteiger charge is -2.28. The third-order valence-corrected chi connectivity index (χ3v) is 3.64. The molecule has 3 atom stereocenters. The van der Waals surface area contributed by atoms with Gasteiger partial charge in [0.25, 0.3) is 0 Å². The van der Waals surface area contributed by atoms with Gasteiger partial charge in [0.1, 0.15) is 18.8 Å². The Balaban J connectivity index is 2.12. The van der Waals surface area contributed by atoms with Gasteiger partial charge in [-0.1, -0.05) is 0 Å². The van der Waals surface area contributed by atoms with E-state index in [9.17, 15) is 10.2 Å². The minimum absolute atomic E-state index is 0.208. The largest absolute Gasteiger partial charge is 0.394 e. The molecule has 1 aliphatic rings. The van der Waals surface area contributed by atoms with Gasteiger partial charge in [0.2, 0.25) is 5.85 Å². The fourth-order valence-electron chi connectivity index (χ4n) is 2.55. The standard InChI is InChI=1S/C12H18N6O3/c1-17(2)10-9-11(15-5-14-10)18(6-16-9)12(13)8(20)3-7(4-19)21-12/h5-8,19-20H,3-4,13H2,1-2H3/t7-,8+,12-/m0/s1. The first-order chi connectivity index (χ1) is 9.97. The van der Waals surface area contributed by atoms with Gasteiger partial charge in [0.05, 0.1) is 12.7 Å². The van der Waals surface area contributed by atoms with Crippen LogP contribution in [0.3, 0.4) is 0 Å². The lowest BCUT2D eigenvalue weighted by molar-refractivity contribution is -0.141. The minimum Gasteiger partial charge on any atom is -0.394 e. The Morgan fingerprint density at radius 2 is 2.24 bits per heavy atom. The van der Waals surface area contributed by atoms with Crippen LogP contribution in [-0.2, 0) is 10.6 Å². The summed E-state index contributed by atoms with van der Waals surface area (Å²) in [6.07, 6.45) is 1.64. The highest BCUT2D eigenvalue weighted by molar-refractivity contribution is 5.83. The molecule has 2 aromatic rings. The first kappa shape index (κ1) is 14.1. The van der Waals surface area contributed by atoms with Crippen LogP contribution in [0.25, 0.3) is 11.2 Å². The number of aromatic nitrogens is 4. The molecular weight excluding hydrogens is 276 g/mol. The van der Waals surface area contributed by atoms with Crippen molar-refractivity contribution in [1.82, 2.24) is 19.5 Å². The zero-order chi connectivity index (χ0) is 15.2. The van der Waals surface area contributed by atoms with E-state index in [0.717, 1.165) is 0 Å². The molecule has 114 valence electrons. The zero-order valence-corrected chi connectivity index (χ0v) is 11.8. The molecule has 0 radical (unpaired) electrons. The van der Waals surface area contributed by atoms with Crippen LogP contribution in [0.4, 0.5) is 5.82 Å². The predicted octanol–water partition coefficient (Wildman–Crippen LogP) is -1.40. The second kappa shape index (κ2) is 4.88. The van der Waals surface area contributed by atoms with Gasteiger partial charge in [-0.25, -0.2) is 15.0 Å². The van der Waals surface area contributed by atoms with Crippen molar-refractivity contribution in [3.63, 3.8) is 0 Å². The molecule has 0 spiro atoms. The van der Waals surface area contributed by atoms with E-state index < -0.39 is 18.1 Å². The lowest BCUT2D eigenvalue weighted by atomic mass is 10.1. The Labute approximate surface area is 121 Å². The van der Waals surface area contributed by atoms with Gasteiger partial charge in [-0.3, -0.25) is 10.3 Å². The molecule has 21 heavy (non-hydrogen) atoms. The van der Waals surface area contributed by atoms with Crippen LogP contribution in [0.5, 0.6) is 0 Å². The van der Waals surface area contributed by atoms with Crippen molar-refractivity contribution in [1.29, 1.82) is 0 Å². The molecular formula is C12H18N6O3. The maximum absolute atomic E-state index is 10.2. The summed E-state index contributed by atoms with van der Waals surface area (Å²) in [5, 5.41) is 19.4. The normalized spacial score (nSPS) is 29.2. The summed E-state index contributed by atoms with van der Waals surface area (Å²) >= 11 is 0. The van der Waals surface area contributed by atoms with Crippen LogP contribution in [0, 0.1) is 0 Å². The number of nitrogens with zero attached hydrogens (tertiary/aromatic N) is 5. The molecule has 1 fully saturated rings.